The molecule has 0 aliphatic rings. The van der Waals surface area contributed by atoms with E-state index in [1.54, 1.807) is 12.3 Å². The molecule has 0 unspecified atom stereocenters. The fourth-order valence-electron chi connectivity index (χ4n) is 0.911. The van der Waals surface area contributed by atoms with Gasteiger partial charge in [-0.3, -0.25) is 9.78 Å². The first-order valence-electron chi connectivity index (χ1n) is 3.52. The lowest BCUT2D eigenvalue weighted by Gasteiger charge is -2.01. The summed E-state index contributed by atoms with van der Waals surface area (Å²) in [5.41, 5.74) is 7.34. The van der Waals surface area contributed by atoms with E-state index in [4.69, 9.17) is 10.8 Å². The van der Waals surface area contributed by atoms with Crippen LogP contribution in [0.2, 0.25) is 0 Å². The molecule has 64 valence electrons. The van der Waals surface area contributed by atoms with Crippen LogP contribution in [-0.2, 0) is 11.2 Å². The van der Waals surface area contributed by atoms with Gasteiger partial charge in [0.15, 0.2) is 0 Å². The summed E-state index contributed by atoms with van der Waals surface area (Å²) in [5, 5.41) is 8.47. The molecule has 0 aromatic carbocycles. The minimum atomic E-state index is -0.918. The second-order valence-electron chi connectivity index (χ2n) is 2.62. The molecule has 1 aromatic heterocycles. The van der Waals surface area contributed by atoms with Gasteiger partial charge in [0.05, 0.1) is 17.8 Å². The molecule has 0 aliphatic carbocycles. The number of hydrogen-bond acceptors (Lipinski definition) is 3. The summed E-state index contributed by atoms with van der Waals surface area (Å²) in [5.74, 6) is -0.918. The first kappa shape index (κ1) is 8.52. The van der Waals surface area contributed by atoms with Crippen LogP contribution in [0.4, 0.5) is 5.69 Å². The molecule has 0 atom stereocenters. The molecule has 4 heteroatoms. The lowest BCUT2D eigenvalue weighted by atomic mass is 10.2. The van der Waals surface area contributed by atoms with E-state index < -0.39 is 5.97 Å². The normalized spacial score (nSPS) is 9.75. The highest BCUT2D eigenvalue weighted by atomic mass is 16.4. The van der Waals surface area contributed by atoms with Gasteiger partial charge in [-0.2, -0.15) is 0 Å². The van der Waals surface area contributed by atoms with Crippen molar-refractivity contribution in [2.75, 3.05) is 5.73 Å². The summed E-state index contributed by atoms with van der Waals surface area (Å²) >= 11 is 0. The Kier molecular flexibility index (Phi) is 2.28. The number of rotatable bonds is 2. The molecule has 0 aliphatic heterocycles. The maximum Gasteiger partial charge on any atom is 0.309 e. The first-order valence-corrected chi connectivity index (χ1v) is 3.52. The van der Waals surface area contributed by atoms with Crippen LogP contribution in [-0.4, -0.2) is 16.1 Å². The monoisotopic (exact) mass is 166 g/mol. The number of carbonyl (C=O) groups is 1. The van der Waals surface area contributed by atoms with E-state index in [9.17, 15) is 4.79 Å². The van der Waals surface area contributed by atoms with Crippen molar-refractivity contribution in [1.29, 1.82) is 0 Å². The second-order valence-corrected chi connectivity index (χ2v) is 2.62. The van der Waals surface area contributed by atoms with E-state index in [1.807, 2.05) is 6.92 Å². The van der Waals surface area contributed by atoms with Gasteiger partial charge in [-0.1, -0.05) is 0 Å². The van der Waals surface area contributed by atoms with Gasteiger partial charge >= 0.3 is 5.97 Å². The van der Waals surface area contributed by atoms with Gasteiger partial charge in [0, 0.05) is 6.20 Å². The minimum absolute atomic E-state index is 0.119. The van der Waals surface area contributed by atoms with Crippen LogP contribution in [0.5, 0.6) is 0 Å². The molecular weight excluding hydrogens is 156 g/mol. The zero-order chi connectivity index (χ0) is 9.14. The predicted octanol–water partition coefficient (Wildman–Crippen LogP) is 0.599. The number of aryl methyl sites for hydroxylation is 1. The van der Waals surface area contributed by atoms with Crippen LogP contribution in [0.15, 0.2) is 12.3 Å². The molecule has 0 amide bonds. The van der Waals surface area contributed by atoms with Crippen LogP contribution in [0.1, 0.15) is 11.3 Å². The first-order chi connectivity index (χ1) is 5.59. The number of pyridine rings is 1. The number of nitrogens with two attached hydrogens (primary N) is 1. The molecule has 12 heavy (non-hydrogen) atoms. The summed E-state index contributed by atoms with van der Waals surface area (Å²) in [7, 11) is 0. The number of carboxylic acids is 1. The summed E-state index contributed by atoms with van der Waals surface area (Å²) in [6.07, 6.45) is 1.49. The number of nitrogen functional groups attached to an aromatic ring is 1. The van der Waals surface area contributed by atoms with Gasteiger partial charge in [-0.05, 0) is 18.6 Å². The number of aliphatic carboxylic acids is 1. The number of nitrogens with zero attached hydrogens (tertiary/aromatic N) is 1. The average Bonchev–Trinajstić information content (AvgIpc) is 1.94. The Bertz CT molecular complexity index is 310. The van der Waals surface area contributed by atoms with E-state index in [2.05, 4.69) is 4.98 Å². The van der Waals surface area contributed by atoms with Gasteiger partial charge in [0.2, 0.25) is 0 Å². The molecular formula is C8H10N2O2. The predicted molar refractivity (Wildman–Crippen MR) is 44.7 cm³/mol. The third-order valence-corrected chi connectivity index (χ3v) is 1.46. The Morgan fingerprint density at radius 1 is 1.75 bits per heavy atom. The number of aromatic nitrogens is 1. The van der Waals surface area contributed by atoms with Crippen LogP contribution in [0.25, 0.3) is 0 Å². The molecule has 4 nitrogen and oxygen atoms in total. The van der Waals surface area contributed by atoms with Gasteiger partial charge in [-0.15, -0.1) is 0 Å². The Hall–Kier alpha value is -1.58. The highest BCUT2D eigenvalue weighted by Crippen LogP contribution is 2.10. The molecule has 1 aromatic rings. The molecule has 3 N–H and O–H groups in total. The molecule has 0 bridgehead atoms. The molecule has 0 saturated carbocycles. The zero-order valence-electron chi connectivity index (χ0n) is 6.74. The van der Waals surface area contributed by atoms with Crippen LogP contribution >= 0.6 is 0 Å². The molecule has 0 fully saturated rings. The third-order valence-electron chi connectivity index (χ3n) is 1.46. The number of anilines is 1. The summed E-state index contributed by atoms with van der Waals surface area (Å²) in [6, 6.07) is 1.71. The van der Waals surface area contributed by atoms with E-state index in [0.29, 0.717) is 11.4 Å². The maximum atomic E-state index is 10.3. The largest absolute Gasteiger partial charge is 0.481 e. The van der Waals surface area contributed by atoms with E-state index in [1.165, 1.54) is 0 Å². The second kappa shape index (κ2) is 3.21. The standard InChI is InChI=1S/C8H10N2O2/c1-5-2-6(9)7(10-4-5)3-8(11)12/h2,4H,3,9H2,1H3,(H,11,12). The van der Waals surface area contributed by atoms with Crippen molar-refractivity contribution in [3.63, 3.8) is 0 Å². The van der Waals surface area contributed by atoms with Gasteiger partial charge < -0.3 is 10.8 Å². The van der Waals surface area contributed by atoms with Crippen molar-refractivity contribution >= 4 is 11.7 Å². The maximum absolute atomic E-state index is 10.3. The molecule has 0 radical (unpaired) electrons. The van der Waals surface area contributed by atoms with Gasteiger partial charge in [0.1, 0.15) is 0 Å². The van der Waals surface area contributed by atoms with Crippen molar-refractivity contribution in [3.8, 4) is 0 Å². The molecule has 1 heterocycles. The third kappa shape index (κ3) is 1.95. The highest BCUT2D eigenvalue weighted by Gasteiger charge is 2.05. The lowest BCUT2D eigenvalue weighted by Crippen LogP contribution is -2.05. The van der Waals surface area contributed by atoms with Crippen LogP contribution < -0.4 is 5.73 Å². The van der Waals surface area contributed by atoms with Crippen LogP contribution in [0.3, 0.4) is 0 Å². The van der Waals surface area contributed by atoms with Crippen molar-refractivity contribution in [2.24, 2.45) is 0 Å². The Balaban J connectivity index is 2.93. The van der Waals surface area contributed by atoms with E-state index in [0.717, 1.165) is 5.56 Å². The van der Waals surface area contributed by atoms with E-state index >= 15 is 0 Å². The van der Waals surface area contributed by atoms with Crippen molar-refractivity contribution in [3.05, 3.63) is 23.5 Å². The SMILES string of the molecule is Cc1cnc(CC(=O)O)c(N)c1. The number of hydrogen-bond donors (Lipinski definition) is 2. The molecule has 0 saturated heterocycles. The average molecular weight is 166 g/mol. The molecule has 1 rings (SSSR count). The van der Waals surface area contributed by atoms with Crippen LogP contribution in [0, 0.1) is 6.92 Å². The highest BCUT2D eigenvalue weighted by molar-refractivity contribution is 5.71. The van der Waals surface area contributed by atoms with Crippen molar-refractivity contribution < 1.29 is 9.90 Å². The summed E-state index contributed by atoms with van der Waals surface area (Å²) in [6.45, 7) is 1.86. The minimum Gasteiger partial charge on any atom is -0.481 e. The zero-order valence-corrected chi connectivity index (χ0v) is 6.74. The molecule has 0 spiro atoms. The smallest absolute Gasteiger partial charge is 0.309 e. The Morgan fingerprint density at radius 3 is 2.92 bits per heavy atom. The van der Waals surface area contributed by atoms with E-state index in [-0.39, 0.29) is 6.42 Å². The fraction of sp³-hybridized carbons (Fsp3) is 0.250. The van der Waals surface area contributed by atoms with Crippen molar-refractivity contribution in [2.45, 2.75) is 13.3 Å². The summed E-state index contributed by atoms with van der Waals surface area (Å²) in [4.78, 5) is 14.2. The lowest BCUT2D eigenvalue weighted by molar-refractivity contribution is -0.136. The van der Waals surface area contributed by atoms with Gasteiger partial charge in [0.25, 0.3) is 0 Å². The number of carboxylic acid groups (broad SMARTS) is 1. The fourth-order valence-corrected chi connectivity index (χ4v) is 0.911. The van der Waals surface area contributed by atoms with Gasteiger partial charge in [-0.25, -0.2) is 0 Å². The topological polar surface area (TPSA) is 76.2 Å². The summed E-state index contributed by atoms with van der Waals surface area (Å²) < 4.78 is 0. The quantitative estimate of drug-likeness (QED) is 0.674. The van der Waals surface area contributed by atoms with Crippen molar-refractivity contribution in [1.82, 2.24) is 4.98 Å². The Morgan fingerprint density at radius 2 is 2.42 bits per heavy atom. The Labute approximate surface area is 70.0 Å².